The van der Waals surface area contributed by atoms with E-state index in [0.717, 1.165) is 11.3 Å². The Morgan fingerprint density at radius 1 is 1.53 bits per heavy atom. The molecule has 1 aliphatic carbocycles. The number of carboxylic acid groups (broad SMARTS) is 1. The predicted octanol–water partition coefficient (Wildman–Crippen LogP) is 2.63. The summed E-state index contributed by atoms with van der Waals surface area (Å²) in [7, 11) is 0. The van der Waals surface area contributed by atoms with Gasteiger partial charge in [-0.05, 0) is 18.9 Å². The van der Waals surface area contributed by atoms with Crippen LogP contribution in [0.5, 0.6) is 0 Å². The van der Waals surface area contributed by atoms with Crippen molar-refractivity contribution in [3.63, 3.8) is 0 Å². The molecule has 2 rings (SSSR count). The lowest BCUT2D eigenvalue weighted by Crippen LogP contribution is -2.44. The van der Waals surface area contributed by atoms with Crippen molar-refractivity contribution >= 4 is 17.3 Å². The van der Waals surface area contributed by atoms with Crippen LogP contribution < -0.4 is 5.32 Å². The van der Waals surface area contributed by atoms with Crippen LogP contribution in [0.3, 0.4) is 0 Å². The van der Waals surface area contributed by atoms with E-state index < -0.39 is 17.7 Å². The number of hydrogen-bond acceptors (Lipinski definition) is 3. The quantitative estimate of drug-likeness (QED) is 0.879. The molecule has 1 saturated carbocycles. The van der Waals surface area contributed by atoms with Crippen LogP contribution in [-0.4, -0.2) is 22.8 Å². The zero-order valence-corrected chi connectivity index (χ0v) is 9.49. The third-order valence-corrected chi connectivity index (χ3v) is 3.73. The average molecular weight is 265 g/mol. The van der Waals surface area contributed by atoms with Gasteiger partial charge >= 0.3 is 12.1 Å². The molecule has 0 amide bonds. The Morgan fingerprint density at radius 3 is 2.59 bits per heavy atom. The topological polar surface area (TPSA) is 49.3 Å². The number of nitrogens with one attached hydrogen (secondary N) is 1. The van der Waals surface area contributed by atoms with Crippen LogP contribution in [-0.2, 0) is 6.54 Å². The molecule has 0 unspecified atom stereocenters. The van der Waals surface area contributed by atoms with E-state index in [4.69, 9.17) is 5.11 Å². The van der Waals surface area contributed by atoms with Crippen molar-refractivity contribution in [3.8, 4) is 0 Å². The third kappa shape index (κ3) is 2.44. The van der Waals surface area contributed by atoms with Gasteiger partial charge in [-0.25, -0.2) is 4.79 Å². The van der Waals surface area contributed by atoms with Crippen LogP contribution in [0.4, 0.5) is 13.2 Å². The highest BCUT2D eigenvalue weighted by atomic mass is 32.1. The van der Waals surface area contributed by atoms with E-state index >= 15 is 0 Å². The number of carbonyl (C=O) groups is 1. The minimum atomic E-state index is -4.24. The summed E-state index contributed by atoms with van der Waals surface area (Å²) in [6, 6.07) is 1.40. The summed E-state index contributed by atoms with van der Waals surface area (Å²) in [5.74, 6) is -1.07. The molecule has 1 heterocycles. The number of thiophene rings is 1. The van der Waals surface area contributed by atoms with Crippen molar-refractivity contribution in [3.05, 3.63) is 21.9 Å². The molecule has 17 heavy (non-hydrogen) atoms. The van der Waals surface area contributed by atoms with Gasteiger partial charge in [-0.2, -0.15) is 13.2 Å². The molecule has 0 radical (unpaired) electrons. The van der Waals surface area contributed by atoms with Crippen molar-refractivity contribution in [2.45, 2.75) is 31.1 Å². The molecule has 0 atom stereocenters. The van der Waals surface area contributed by atoms with E-state index in [2.05, 4.69) is 5.32 Å². The van der Waals surface area contributed by atoms with Crippen LogP contribution in [0.2, 0.25) is 0 Å². The normalized spacial score (nSPS) is 18.1. The van der Waals surface area contributed by atoms with Gasteiger partial charge in [0.1, 0.15) is 5.54 Å². The minimum absolute atomic E-state index is 0.0530. The molecule has 7 heteroatoms. The van der Waals surface area contributed by atoms with Gasteiger partial charge in [0.15, 0.2) is 0 Å². The van der Waals surface area contributed by atoms with Gasteiger partial charge in [0.25, 0.3) is 0 Å². The monoisotopic (exact) mass is 265 g/mol. The molecular weight excluding hydrogens is 255 g/mol. The first kappa shape index (κ1) is 12.4. The Balaban J connectivity index is 1.96. The smallest absolute Gasteiger partial charge is 0.406 e. The zero-order valence-electron chi connectivity index (χ0n) is 8.67. The van der Waals surface area contributed by atoms with Gasteiger partial charge in [-0.1, -0.05) is 0 Å². The second-order valence-corrected chi connectivity index (χ2v) is 5.04. The zero-order chi connectivity index (χ0) is 12.7. The van der Waals surface area contributed by atoms with Gasteiger partial charge in [-0.15, -0.1) is 11.3 Å². The Labute approximate surface area is 99.3 Å². The summed E-state index contributed by atoms with van der Waals surface area (Å²) in [4.78, 5) is 11.2. The highest BCUT2D eigenvalue weighted by molar-refractivity contribution is 7.10. The minimum Gasteiger partial charge on any atom is -0.478 e. The van der Waals surface area contributed by atoms with Gasteiger partial charge in [-0.3, -0.25) is 5.32 Å². The van der Waals surface area contributed by atoms with E-state index in [1.807, 2.05) is 0 Å². The number of halogens is 3. The third-order valence-electron chi connectivity index (χ3n) is 2.79. The number of aromatic carboxylic acids is 1. The predicted molar refractivity (Wildman–Crippen MR) is 56.1 cm³/mol. The van der Waals surface area contributed by atoms with Crippen LogP contribution in [0.1, 0.15) is 28.1 Å². The fraction of sp³-hybridized carbons (Fsp3) is 0.500. The summed E-state index contributed by atoms with van der Waals surface area (Å²) in [6.45, 7) is 0.0530. The molecule has 1 aromatic rings. The van der Waals surface area contributed by atoms with Gasteiger partial charge < -0.3 is 5.11 Å². The molecule has 0 aromatic carbocycles. The van der Waals surface area contributed by atoms with Crippen molar-refractivity contribution in [2.24, 2.45) is 0 Å². The number of rotatable bonds is 4. The number of hydrogen-bond donors (Lipinski definition) is 2. The molecule has 1 aliphatic rings. The summed E-state index contributed by atoms with van der Waals surface area (Å²) < 4.78 is 37.7. The molecule has 3 nitrogen and oxygen atoms in total. The Hall–Kier alpha value is -1.08. The van der Waals surface area contributed by atoms with Crippen molar-refractivity contribution in [2.75, 3.05) is 0 Å². The standard InChI is InChI=1S/C10H10F3NO2S/c11-10(12,13)9(1-2-9)14-4-7-3-6(5-17-7)8(15)16/h3,5,14H,1-2,4H2,(H,15,16). The first-order valence-corrected chi connectivity index (χ1v) is 5.84. The van der Waals surface area contributed by atoms with E-state index in [1.165, 1.54) is 11.4 Å². The maximum absolute atomic E-state index is 12.6. The fourth-order valence-electron chi connectivity index (χ4n) is 1.53. The molecule has 1 aromatic heterocycles. The Bertz CT molecular complexity index is 437. The summed E-state index contributed by atoms with van der Waals surface area (Å²) in [6.07, 6.45) is -4.05. The number of alkyl halides is 3. The molecular formula is C10H10F3NO2S. The highest BCUT2D eigenvalue weighted by Crippen LogP contribution is 2.49. The van der Waals surface area contributed by atoms with Crippen LogP contribution >= 0.6 is 11.3 Å². The molecule has 1 fully saturated rings. The van der Waals surface area contributed by atoms with Gasteiger partial charge in [0, 0.05) is 16.8 Å². The molecule has 0 spiro atoms. The average Bonchev–Trinajstić information content (AvgIpc) is 2.86. The molecule has 0 aliphatic heterocycles. The second kappa shape index (κ2) is 3.99. The Morgan fingerprint density at radius 2 is 2.18 bits per heavy atom. The first-order valence-electron chi connectivity index (χ1n) is 4.96. The fourth-order valence-corrected chi connectivity index (χ4v) is 2.32. The lowest BCUT2D eigenvalue weighted by Gasteiger charge is -2.20. The lowest BCUT2D eigenvalue weighted by atomic mass is 10.2. The molecule has 0 bridgehead atoms. The van der Waals surface area contributed by atoms with Crippen LogP contribution in [0, 0.1) is 0 Å². The van der Waals surface area contributed by atoms with E-state index in [-0.39, 0.29) is 24.9 Å². The maximum atomic E-state index is 12.6. The first-order chi connectivity index (χ1) is 7.84. The largest absolute Gasteiger partial charge is 0.478 e. The van der Waals surface area contributed by atoms with E-state index in [0.29, 0.717) is 4.88 Å². The SMILES string of the molecule is O=C(O)c1csc(CNC2(C(F)(F)F)CC2)c1. The number of carboxylic acids is 1. The summed E-state index contributed by atoms with van der Waals surface area (Å²) >= 11 is 1.15. The van der Waals surface area contributed by atoms with Crippen LogP contribution in [0.25, 0.3) is 0 Å². The van der Waals surface area contributed by atoms with E-state index in [9.17, 15) is 18.0 Å². The van der Waals surface area contributed by atoms with Gasteiger partial charge in [0.2, 0.25) is 0 Å². The lowest BCUT2D eigenvalue weighted by molar-refractivity contribution is -0.166. The maximum Gasteiger partial charge on any atom is 0.406 e. The van der Waals surface area contributed by atoms with Crippen molar-refractivity contribution < 1.29 is 23.1 Å². The van der Waals surface area contributed by atoms with Crippen molar-refractivity contribution in [1.29, 1.82) is 0 Å². The van der Waals surface area contributed by atoms with Gasteiger partial charge in [0.05, 0.1) is 5.56 Å². The highest BCUT2D eigenvalue weighted by Gasteiger charge is 2.62. The van der Waals surface area contributed by atoms with Crippen LogP contribution in [0.15, 0.2) is 11.4 Å². The second-order valence-electron chi connectivity index (χ2n) is 4.04. The Kier molecular flexibility index (Phi) is 2.90. The molecule has 94 valence electrons. The van der Waals surface area contributed by atoms with Crippen molar-refractivity contribution in [1.82, 2.24) is 5.32 Å². The summed E-state index contributed by atoms with van der Waals surface area (Å²) in [5.41, 5.74) is -1.64. The van der Waals surface area contributed by atoms with E-state index in [1.54, 1.807) is 0 Å². The molecule has 2 N–H and O–H groups in total. The molecule has 0 saturated heterocycles. The summed E-state index contributed by atoms with van der Waals surface area (Å²) in [5, 5.41) is 12.6.